The van der Waals surface area contributed by atoms with Crippen LogP contribution in [0, 0.1) is 10.1 Å². The van der Waals surface area contributed by atoms with Gasteiger partial charge in [0.1, 0.15) is 6.20 Å². The smallest absolute Gasteiger partial charge is 0.289 e. The molecule has 12 heavy (non-hydrogen) atoms. The number of nitro groups is 1. The molecule has 5 heteroatoms. The third-order valence-electron chi connectivity index (χ3n) is 1.44. The molecule has 0 N–H and O–H groups in total. The maximum atomic E-state index is 10.3. The molecule has 0 bridgehead atoms. The molecule has 0 fully saturated rings. The molecule has 5 nitrogen and oxygen atoms in total. The van der Waals surface area contributed by atoms with Crippen LogP contribution in [0.4, 0.5) is 11.4 Å². The minimum absolute atomic E-state index is 0.0150. The molecule has 1 aromatic rings. The lowest BCUT2D eigenvalue weighted by Gasteiger charge is -2.10. The lowest BCUT2D eigenvalue weighted by Crippen LogP contribution is -2.09. The second kappa shape index (κ2) is 3.17. The van der Waals surface area contributed by atoms with Crippen molar-refractivity contribution in [3.63, 3.8) is 0 Å². The van der Waals surface area contributed by atoms with Gasteiger partial charge < -0.3 is 4.90 Å². The summed E-state index contributed by atoms with van der Waals surface area (Å²) in [5.41, 5.74) is 0.741. The molecule has 0 aliphatic carbocycles. The summed E-state index contributed by atoms with van der Waals surface area (Å²) in [6, 6.07) is 1.48. The van der Waals surface area contributed by atoms with E-state index in [2.05, 4.69) is 4.98 Å². The predicted octanol–water partition coefficient (Wildman–Crippen LogP) is 1.06. The van der Waals surface area contributed by atoms with Crippen molar-refractivity contribution in [2.45, 2.75) is 0 Å². The first-order valence-corrected chi connectivity index (χ1v) is 3.38. The maximum absolute atomic E-state index is 10.3. The van der Waals surface area contributed by atoms with E-state index in [1.807, 2.05) is 0 Å². The summed E-state index contributed by atoms with van der Waals surface area (Å²) >= 11 is 0. The molecular formula is C7H9N3O2. The summed E-state index contributed by atoms with van der Waals surface area (Å²) in [6.07, 6.45) is 2.81. The van der Waals surface area contributed by atoms with Gasteiger partial charge >= 0.3 is 0 Å². The van der Waals surface area contributed by atoms with Crippen LogP contribution in [0.1, 0.15) is 0 Å². The number of rotatable bonds is 2. The minimum atomic E-state index is -0.458. The van der Waals surface area contributed by atoms with Crippen LogP contribution in [0.25, 0.3) is 0 Å². The first-order chi connectivity index (χ1) is 5.61. The van der Waals surface area contributed by atoms with Crippen molar-refractivity contribution >= 4 is 11.4 Å². The summed E-state index contributed by atoms with van der Waals surface area (Å²) in [4.78, 5) is 15.4. The fourth-order valence-corrected chi connectivity index (χ4v) is 0.760. The molecule has 0 amide bonds. The Kier molecular flexibility index (Phi) is 2.23. The lowest BCUT2D eigenvalue weighted by molar-refractivity contribution is -0.385. The Balaban J connectivity index is 3.04. The second-order valence-corrected chi connectivity index (χ2v) is 2.55. The Morgan fingerprint density at radius 3 is 2.67 bits per heavy atom. The van der Waals surface area contributed by atoms with Gasteiger partial charge in [-0.05, 0) is 0 Å². The van der Waals surface area contributed by atoms with Crippen molar-refractivity contribution in [3.05, 3.63) is 28.6 Å². The number of aromatic nitrogens is 1. The van der Waals surface area contributed by atoms with E-state index >= 15 is 0 Å². The van der Waals surface area contributed by atoms with Gasteiger partial charge in [0.05, 0.1) is 16.8 Å². The molecular weight excluding hydrogens is 158 g/mol. The molecule has 1 rings (SSSR count). The van der Waals surface area contributed by atoms with E-state index in [-0.39, 0.29) is 5.69 Å². The molecule has 0 aromatic carbocycles. The zero-order valence-corrected chi connectivity index (χ0v) is 6.89. The molecule has 0 spiro atoms. The van der Waals surface area contributed by atoms with E-state index in [0.29, 0.717) is 0 Å². The highest BCUT2D eigenvalue weighted by molar-refractivity contribution is 5.48. The SMILES string of the molecule is CN(C)c1cncc([N+](=O)[O-])c1. The Morgan fingerprint density at radius 2 is 2.17 bits per heavy atom. The molecule has 1 heterocycles. The summed E-state index contributed by atoms with van der Waals surface area (Å²) in [6.45, 7) is 0. The fourth-order valence-electron chi connectivity index (χ4n) is 0.760. The van der Waals surface area contributed by atoms with Gasteiger partial charge in [-0.2, -0.15) is 0 Å². The Hall–Kier alpha value is -1.65. The highest BCUT2D eigenvalue weighted by Gasteiger charge is 2.06. The lowest BCUT2D eigenvalue weighted by atomic mass is 10.3. The van der Waals surface area contributed by atoms with Gasteiger partial charge in [-0.3, -0.25) is 15.1 Å². The predicted molar refractivity (Wildman–Crippen MR) is 45.2 cm³/mol. The van der Waals surface area contributed by atoms with Crippen molar-refractivity contribution in [1.82, 2.24) is 4.98 Å². The quantitative estimate of drug-likeness (QED) is 0.488. The molecule has 0 aliphatic heterocycles. The average Bonchev–Trinajstić information content (AvgIpc) is 2.04. The number of hydrogen-bond acceptors (Lipinski definition) is 4. The Bertz CT molecular complexity index is 298. The van der Waals surface area contributed by atoms with E-state index in [4.69, 9.17) is 0 Å². The minimum Gasteiger partial charge on any atom is -0.376 e. The Morgan fingerprint density at radius 1 is 1.50 bits per heavy atom. The molecule has 0 atom stereocenters. The number of pyridine rings is 1. The zero-order chi connectivity index (χ0) is 9.14. The first kappa shape index (κ1) is 8.45. The highest BCUT2D eigenvalue weighted by atomic mass is 16.6. The summed E-state index contributed by atoms with van der Waals surface area (Å²) in [7, 11) is 3.61. The van der Waals surface area contributed by atoms with Gasteiger partial charge in [0.25, 0.3) is 5.69 Å². The van der Waals surface area contributed by atoms with Crippen molar-refractivity contribution in [2.75, 3.05) is 19.0 Å². The molecule has 64 valence electrons. The van der Waals surface area contributed by atoms with Crippen LogP contribution >= 0.6 is 0 Å². The normalized spacial score (nSPS) is 9.50. The van der Waals surface area contributed by atoms with Gasteiger partial charge in [-0.15, -0.1) is 0 Å². The monoisotopic (exact) mass is 167 g/mol. The van der Waals surface area contributed by atoms with E-state index in [0.717, 1.165) is 5.69 Å². The van der Waals surface area contributed by atoms with Crippen LogP contribution in [0.15, 0.2) is 18.5 Å². The molecule has 1 aromatic heterocycles. The van der Waals surface area contributed by atoms with Crippen LogP contribution in [-0.4, -0.2) is 24.0 Å². The van der Waals surface area contributed by atoms with Gasteiger partial charge in [0.15, 0.2) is 0 Å². The third-order valence-corrected chi connectivity index (χ3v) is 1.44. The topological polar surface area (TPSA) is 59.3 Å². The molecule has 0 unspecified atom stereocenters. The Labute approximate surface area is 69.8 Å². The number of hydrogen-bond donors (Lipinski definition) is 0. The van der Waals surface area contributed by atoms with Crippen molar-refractivity contribution in [1.29, 1.82) is 0 Å². The average molecular weight is 167 g/mol. The van der Waals surface area contributed by atoms with E-state index in [1.54, 1.807) is 25.2 Å². The van der Waals surface area contributed by atoms with Crippen LogP contribution in [0.2, 0.25) is 0 Å². The van der Waals surface area contributed by atoms with Crippen molar-refractivity contribution in [2.24, 2.45) is 0 Å². The standard InChI is InChI=1S/C7H9N3O2/c1-9(2)6-3-7(10(11)12)5-8-4-6/h3-5H,1-2H3. The first-order valence-electron chi connectivity index (χ1n) is 3.38. The molecule has 0 radical (unpaired) electrons. The molecule has 0 saturated heterocycles. The zero-order valence-electron chi connectivity index (χ0n) is 6.89. The number of anilines is 1. The van der Waals surface area contributed by atoms with Gasteiger partial charge in [-0.1, -0.05) is 0 Å². The molecule has 0 saturated carbocycles. The van der Waals surface area contributed by atoms with Gasteiger partial charge in [-0.25, -0.2) is 0 Å². The maximum Gasteiger partial charge on any atom is 0.289 e. The number of nitrogens with zero attached hydrogens (tertiary/aromatic N) is 3. The van der Waals surface area contributed by atoms with Gasteiger partial charge in [0, 0.05) is 20.2 Å². The van der Waals surface area contributed by atoms with E-state index in [1.165, 1.54) is 12.3 Å². The highest BCUT2D eigenvalue weighted by Crippen LogP contribution is 2.16. The van der Waals surface area contributed by atoms with Crippen molar-refractivity contribution in [3.8, 4) is 0 Å². The van der Waals surface area contributed by atoms with Crippen LogP contribution < -0.4 is 4.90 Å². The second-order valence-electron chi connectivity index (χ2n) is 2.55. The summed E-state index contributed by atoms with van der Waals surface area (Å²) < 4.78 is 0. The largest absolute Gasteiger partial charge is 0.376 e. The summed E-state index contributed by atoms with van der Waals surface area (Å²) in [5, 5.41) is 10.3. The van der Waals surface area contributed by atoms with Gasteiger partial charge in [0.2, 0.25) is 0 Å². The third kappa shape index (κ3) is 1.69. The van der Waals surface area contributed by atoms with E-state index in [9.17, 15) is 10.1 Å². The summed E-state index contributed by atoms with van der Waals surface area (Å²) in [5.74, 6) is 0. The van der Waals surface area contributed by atoms with Crippen LogP contribution in [0.5, 0.6) is 0 Å². The van der Waals surface area contributed by atoms with Crippen LogP contribution in [-0.2, 0) is 0 Å². The molecule has 0 aliphatic rings. The fraction of sp³-hybridized carbons (Fsp3) is 0.286. The van der Waals surface area contributed by atoms with Crippen molar-refractivity contribution < 1.29 is 4.92 Å². The van der Waals surface area contributed by atoms with Crippen LogP contribution in [0.3, 0.4) is 0 Å². The van der Waals surface area contributed by atoms with E-state index < -0.39 is 4.92 Å².